The Balaban J connectivity index is 1.60. The largest absolute Gasteiger partial charge is 0.439 e. The highest BCUT2D eigenvalue weighted by atomic mass is 16.5. The molecular weight excluding hydrogens is 366 g/mol. The van der Waals surface area contributed by atoms with Crippen LogP contribution in [0.4, 0.5) is 0 Å². The molecule has 0 aliphatic rings. The average Bonchev–Trinajstić information content (AvgIpc) is 3.17. The Hall–Kier alpha value is -3.51. The SMILES string of the molecule is CC(C)(O)c1ccc(C(=O)Cc2cc(Oc3ccccc3)n3nccc3n2)cc1. The molecule has 0 bridgehead atoms. The van der Waals surface area contributed by atoms with Gasteiger partial charge in [0.25, 0.3) is 0 Å². The van der Waals surface area contributed by atoms with Crippen LogP contribution in [0.2, 0.25) is 0 Å². The summed E-state index contributed by atoms with van der Waals surface area (Å²) < 4.78 is 7.55. The first kappa shape index (κ1) is 18.8. The summed E-state index contributed by atoms with van der Waals surface area (Å²) >= 11 is 0. The van der Waals surface area contributed by atoms with Gasteiger partial charge in [-0.2, -0.15) is 9.61 Å². The van der Waals surface area contributed by atoms with Gasteiger partial charge < -0.3 is 9.84 Å². The number of ether oxygens (including phenoxy) is 1. The number of fused-ring (bicyclic) bond motifs is 1. The van der Waals surface area contributed by atoms with Gasteiger partial charge in [0.2, 0.25) is 5.88 Å². The zero-order valence-corrected chi connectivity index (χ0v) is 16.2. The molecule has 4 aromatic rings. The zero-order chi connectivity index (χ0) is 20.4. The van der Waals surface area contributed by atoms with Crippen molar-refractivity contribution in [3.63, 3.8) is 0 Å². The minimum atomic E-state index is -0.945. The molecule has 0 spiro atoms. The Morgan fingerprint density at radius 3 is 2.48 bits per heavy atom. The number of Topliss-reactive ketones (excluding diaryl/α,β-unsaturated/α-hetero) is 1. The van der Waals surface area contributed by atoms with Crippen LogP contribution in [0, 0.1) is 0 Å². The second kappa shape index (κ2) is 7.48. The molecule has 0 fully saturated rings. The molecule has 0 radical (unpaired) electrons. The van der Waals surface area contributed by atoms with E-state index in [4.69, 9.17) is 4.74 Å². The average molecular weight is 387 g/mol. The fourth-order valence-corrected chi connectivity index (χ4v) is 3.04. The smallest absolute Gasteiger partial charge is 0.224 e. The Kier molecular flexibility index (Phi) is 4.86. The van der Waals surface area contributed by atoms with E-state index in [1.54, 1.807) is 61.0 Å². The minimum absolute atomic E-state index is 0.0608. The number of aromatic nitrogens is 3. The van der Waals surface area contributed by atoms with Gasteiger partial charge in [-0.05, 0) is 31.5 Å². The molecule has 0 unspecified atom stereocenters. The first-order valence-electron chi connectivity index (χ1n) is 9.33. The molecule has 0 saturated carbocycles. The lowest BCUT2D eigenvalue weighted by Gasteiger charge is -2.17. The fraction of sp³-hybridized carbons (Fsp3) is 0.174. The van der Waals surface area contributed by atoms with E-state index in [1.165, 1.54) is 0 Å². The van der Waals surface area contributed by atoms with Gasteiger partial charge in [-0.15, -0.1) is 0 Å². The molecule has 6 heteroatoms. The van der Waals surface area contributed by atoms with Crippen molar-refractivity contribution in [2.24, 2.45) is 0 Å². The van der Waals surface area contributed by atoms with E-state index in [0.717, 1.165) is 5.56 Å². The molecule has 4 rings (SSSR count). The molecule has 0 aliphatic carbocycles. The maximum atomic E-state index is 12.8. The molecule has 0 aliphatic heterocycles. The first-order chi connectivity index (χ1) is 13.9. The van der Waals surface area contributed by atoms with Gasteiger partial charge in [-0.3, -0.25) is 4.79 Å². The predicted octanol–water partition coefficient (Wildman–Crippen LogP) is 4.17. The fourth-order valence-electron chi connectivity index (χ4n) is 3.04. The molecule has 2 heterocycles. The summed E-state index contributed by atoms with van der Waals surface area (Å²) in [6.45, 7) is 3.42. The van der Waals surface area contributed by atoms with E-state index >= 15 is 0 Å². The molecule has 146 valence electrons. The number of ketones is 1. The normalized spacial score (nSPS) is 11.6. The third-order valence-electron chi connectivity index (χ3n) is 4.60. The van der Waals surface area contributed by atoms with E-state index in [2.05, 4.69) is 10.1 Å². The van der Waals surface area contributed by atoms with E-state index in [1.807, 2.05) is 30.3 Å². The third-order valence-corrected chi connectivity index (χ3v) is 4.60. The second-order valence-corrected chi connectivity index (χ2v) is 7.34. The lowest BCUT2D eigenvalue weighted by Crippen LogP contribution is -2.15. The van der Waals surface area contributed by atoms with E-state index < -0.39 is 5.60 Å². The summed E-state index contributed by atoms with van der Waals surface area (Å²) in [7, 11) is 0. The predicted molar refractivity (Wildman–Crippen MR) is 109 cm³/mol. The molecule has 0 atom stereocenters. The van der Waals surface area contributed by atoms with E-state index in [9.17, 15) is 9.90 Å². The van der Waals surface area contributed by atoms with E-state index in [0.29, 0.717) is 28.5 Å². The Morgan fingerprint density at radius 1 is 1.07 bits per heavy atom. The highest BCUT2D eigenvalue weighted by Gasteiger charge is 2.17. The van der Waals surface area contributed by atoms with Crippen LogP contribution in [0.15, 0.2) is 72.9 Å². The summed E-state index contributed by atoms with van der Waals surface area (Å²) in [4.78, 5) is 17.3. The van der Waals surface area contributed by atoms with Crippen LogP contribution in [0.3, 0.4) is 0 Å². The van der Waals surface area contributed by atoms with Crippen molar-refractivity contribution in [3.8, 4) is 11.6 Å². The molecular formula is C23H21N3O3. The van der Waals surface area contributed by atoms with Crippen LogP contribution in [-0.2, 0) is 12.0 Å². The van der Waals surface area contributed by atoms with Crippen molar-refractivity contribution >= 4 is 11.4 Å². The number of aliphatic hydroxyl groups is 1. The van der Waals surface area contributed by atoms with Gasteiger partial charge in [0.15, 0.2) is 11.4 Å². The zero-order valence-electron chi connectivity index (χ0n) is 16.2. The van der Waals surface area contributed by atoms with Crippen molar-refractivity contribution in [1.29, 1.82) is 0 Å². The van der Waals surface area contributed by atoms with Crippen LogP contribution in [0.1, 0.15) is 35.5 Å². The van der Waals surface area contributed by atoms with Crippen LogP contribution in [0.25, 0.3) is 5.65 Å². The number of hydrogen-bond donors (Lipinski definition) is 1. The topological polar surface area (TPSA) is 76.7 Å². The maximum absolute atomic E-state index is 12.8. The van der Waals surface area contributed by atoms with Gasteiger partial charge in [0.05, 0.1) is 23.9 Å². The Morgan fingerprint density at radius 2 is 1.79 bits per heavy atom. The summed E-state index contributed by atoms with van der Waals surface area (Å²) in [6.07, 6.45) is 1.77. The van der Waals surface area contributed by atoms with Gasteiger partial charge in [-0.25, -0.2) is 4.98 Å². The summed E-state index contributed by atoms with van der Waals surface area (Å²) in [5.74, 6) is 1.11. The number of rotatable bonds is 6. The first-order valence-corrected chi connectivity index (χ1v) is 9.33. The van der Waals surface area contributed by atoms with Crippen molar-refractivity contribution in [2.45, 2.75) is 25.9 Å². The highest BCUT2D eigenvalue weighted by molar-refractivity contribution is 5.97. The molecule has 1 N–H and O–H groups in total. The quantitative estimate of drug-likeness (QED) is 0.503. The van der Waals surface area contributed by atoms with Crippen molar-refractivity contribution in [2.75, 3.05) is 0 Å². The van der Waals surface area contributed by atoms with Gasteiger partial charge in [-0.1, -0.05) is 42.5 Å². The van der Waals surface area contributed by atoms with Crippen molar-refractivity contribution < 1.29 is 14.6 Å². The highest BCUT2D eigenvalue weighted by Crippen LogP contribution is 2.24. The number of carbonyl (C=O) groups is 1. The minimum Gasteiger partial charge on any atom is -0.439 e. The number of carbonyl (C=O) groups excluding carboxylic acids is 1. The Bertz CT molecular complexity index is 1140. The molecule has 2 aromatic carbocycles. The lowest BCUT2D eigenvalue weighted by molar-refractivity contribution is 0.0784. The van der Waals surface area contributed by atoms with Crippen LogP contribution in [0.5, 0.6) is 11.6 Å². The summed E-state index contributed by atoms with van der Waals surface area (Å²) in [5.41, 5.74) is 1.59. The van der Waals surface area contributed by atoms with Gasteiger partial charge in [0.1, 0.15) is 5.75 Å². The lowest BCUT2D eigenvalue weighted by atomic mass is 9.96. The molecule has 0 amide bonds. The second-order valence-electron chi connectivity index (χ2n) is 7.34. The number of nitrogens with zero attached hydrogens (tertiary/aromatic N) is 3. The number of benzene rings is 2. The maximum Gasteiger partial charge on any atom is 0.224 e. The Labute approximate surface area is 168 Å². The van der Waals surface area contributed by atoms with Crippen molar-refractivity contribution in [1.82, 2.24) is 14.6 Å². The number of hydrogen-bond acceptors (Lipinski definition) is 5. The third kappa shape index (κ3) is 4.17. The van der Waals surface area contributed by atoms with Crippen molar-refractivity contribution in [3.05, 3.63) is 89.7 Å². The standard InChI is InChI=1S/C23H21N3O3/c1-23(2,28)17-10-8-16(9-11-17)20(27)14-18-15-22(26-21(25-18)12-13-24-26)29-19-6-4-3-5-7-19/h3-13,15,28H,14H2,1-2H3. The molecule has 6 nitrogen and oxygen atoms in total. The monoisotopic (exact) mass is 387 g/mol. The molecule has 0 saturated heterocycles. The molecule has 2 aromatic heterocycles. The van der Waals surface area contributed by atoms with Gasteiger partial charge >= 0.3 is 0 Å². The van der Waals surface area contributed by atoms with Crippen LogP contribution in [-0.4, -0.2) is 25.5 Å². The van der Waals surface area contributed by atoms with Crippen LogP contribution < -0.4 is 4.74 Å². The number of para-hydroxylation sites is 1. The summed E-state index contributed by atoms with van der Waals surface area (Å²) in [5, 5.41) is 14.3. The van der Waals surface area contributed by atoms with Crippen LogP contribution >= 0.6 is 0 Å². The molecule has 29 heavy (non-hydrogen) atoms. The summed E-state index contributed by atoms with van der Waals surface area (Å²) in [6, 6.07) is 19.9. The van der Waals surface area contributed by atoms with E-state index in [-0.39, 0.29) is 12.2 Å². The van der Waals surface area contributed by atoms with Gasteiger partial charge in [0, 0.05) is 17.7 Å².